The van der Waals surface area contributed by atoms with Crippen molar-refractivity contribution in [3.63, 3.8) is 0 Å². The first-order chi connectivity index (χ1) is 14.4. The number of ether oxygens (including phenoxy) is 2. The first-order valence-electron chi connectivity index (χ1n) is 9.78. The molecule has 1 aromatic carbocycles. The molecule has 0 saturated carbocycles. The maximum atomic E-state index is 9.00. The number of nitrogens with zero attached hydrogens (tertiary/aromatic N) is 5. The lowest BCUT2D eigenvalue weighted by Gasteiger charge is -2.34. The third-order valence-corrected chi connectivity index (χ3v) is 4.70. The molecule has 11 heteroatoms. The van der Waals surface area contributed by atoms with E-state index in [4.69, 9.17) is 35.0 Å². The largest absolute Gasteiger partial charge is 0.399 e. The van der Waals surface area contributed by atoms with Gasteiger partial charge in [-0.1, -0.05) is 0 Å². The monoisotopic (exact) mass is 416 g/mol. The van der Waals surface area contributed by atoms with Gasteiger partial charge in [-0.05, 0) is 31.2 Å². The minimum Gasteiger partial charge on any atom is -0.399 e. The highest BCUT2D eigenvalue weighted by Crippen LogP contribution is 2.24. The number of primary amides is 2. The van der Waals surface area contributed by atoms with Gasteiger partial charge < -0.3 is 36.5 Å². The molecule has 162 valence electrons. The molecule has 11 nitrogen and oxygen atoms in total. The van der Waals surface area contributed by atoms with Gasteiger partial charge >= 0.3 is 6.03 Å². The molecule has 0 radical (unpaired) electrons. The predicted molar refractivity (Wildman–Crippen MR) is 114 cm³/mol. The first kappa shape index (κ1) is 21.5. The molecule has 2 amide bonds. The standard InChI is InChI=1S/C18H24N6O2.CH4N2O/c1-13-12-26-11-8-24(13)18-21-16(14-2-4-15(19)5-3-14)20-17(22-18)23-6-9-25-10-7-23;2-1(3)4/h2-5,13H,6-12,19H2,1H3;(H4,2,3,4)/t13-;/m0./s1. The van der Waals surface area contributed by atoms with Gasteiger partial charge in [0.25, 0.3) is 0 Å². The highest BCUT2D eigenvalue weighted by Gasteiger charge is 2.24. The average Bonchev–Trinajstić information content (AvgIpc) is 2.74. The molecule has 2 fully saturated rings. The Kier molecular flexibility index (Phi) is 7.20. The smallest absolute Gasteiger partial charge is 0.309 e. The minimum atomic E-state index is -0.833. The van der Waals surface area contributed by atoms with Crippen LogP contribution in [0.5, 0.6) is 0 Å². The van der Waals surface area contributed by atoms with Crippen LogP contribution in [-0.2, 0) is 9.47 Å². The van der Waals surface area contributed by atoms with E-state index in [1.165, 1.54) is 0 Å². The maximum absolute atomic E-state index is 9.00. The number of nitrogens with two attached hydrogens (primary N) is 3. The number of urea groups is 1. The Morgan fingerprint density at radius 2 is 1.57 bits per heavy atom. The topological polar surface area (TPSA) is 159 Å². The molecule has 2 aromatic rings. The van der Waals surface area contributed by atoms with Crippen molar-refractivity contribution >= 4 is 23.6 Å². The van der Waals surface area contributed by atoms with Crippen LogP contribution in [0.4, 0.5) is 22.4 Å². The quantitative estimate of drug-likeness (QED) is 0.594. The Hall–Kier alpha value is -3.18. The number of morpholine rings is 2. The van der Waals surface area contributed by atoms with Gasteiger partial charge in [-0.25, -0.2) is 4.79 Å². The summed E-state index contributed by atoms with van der Waals surface area (Å²) in [5.74, 6) is 2.06. The van der Waals surface area contributed by atoms with Crippen molar-refractivity contribution in [1.82, 2.24) is 15.0 Å². The predicted octanol–water partition coefficient (Wildman–Crippen LogP) is 0.206. The molecule has 0 bridgehead atoms. The van der Waals surface area contributed by atoms with Crippen molar-refractivity contribution in [2.45, 2.75) is 13.0 Å². The number of benzene rings is 1. The van der Waals surface area contributed by atoms with Crippen LogP contribution in [-0.4, -0.2) is 73.1 Å². The third kappa shape index (κ3) is 5.67. The number of anilines is 3. The van der Waals surface area contributed by atoms with Crippen LogP contribution in [0.1, 0.15) is 6.92 Å². The second-order valence-electron chi connectivity index (χ2n) is 7.00. The molecular weight excluding hydrogens is 388 g/mol. The molecule has 30 heavy (non-hydrogen) atoms. The number of carbonyl (C=O) groups excluding carboxylic acids is 1. The second-order valence-corrected chi connectivity index (χ2v) is 7.00. The van der Waals surface area contributed by atoms with Crippen molar-refractivity contribution in [3.8, 4) is 11.4 Å². The zero-order chi connectivity index (χ0) is 21.5. The van der Waals surface area contributed by atoms with E-state index in [1.54, 1.807) is 0 Å². The van der Waals surface area contributed by atoms with Gasteiger partial charge in [-0.3, -0.25) is 0 Å². The van der Waals surface area contributed by atoms with E-state index >= 15 is 0 Å². The number of nitrogen functional groups attached to an aromatic ring is 1. The van der Waals surface area contributed by atoms with Gasteiger partial charge in [-0.2, -0.15) is 15.0 Å². The Bertz CT molecular complexity index is 838. The van der Waals surface area contributed by atoms with Gasteiger partial charge in [0.2, 0.25) is 11.9 Å². The molecule has 3 heterocycles. The zero-order valence-corrected chi connectivity index (χ0v) is 17.0. The molecule has 2 aliphatic heterocycles. The van der Waals surface area contributed by atoms with Crippen molar-refractivity contribution in [1.29, 1.82) is 0 Å². The molecule has 1 aromatic heterocycles. The highest BCUT2D eigenvalue weighted by molar-refractivity contribution is 5.69. The molecule has 1 atom stereocenters. The minimum absolute atomic E-state index is 0.225. The molecular formula is C19H28N8O3. The van der Waals surface area contributed by atoms with Gasteiger partial charge in [0.15, 0.2) is 5.82 Å². The van der Waals surface area contributed by atoms with E-state index in [-0.39, 0.29) is 6.04 Å². The van der Waals surface area contributed by atoms with E-state index in [2.05, 4.69) is 28.2 Å². The van der Waals surface area contributed by atoms with Gasteiger partial charge in [0.1, 0.15) is 0 Å². The molecule has 4 rings (SSSR count). The number of carbonyl (C=O) groups is 1. The maximum Gasteiger partial charge on any atom is 0.309 e. The summed E-state index contributed by atoms with van der Waals surface area (Å²) in [5, 5.41) is 0. The Morgan fingerprint density at radius 1 is 0.967 bits per heavy atom. The Morgan fingerprint density at radius 3 is 2.20 bits per heavy atom. The summed E-state index contributed by atoms with van der Waals surface area (Å²) < 4.78 is 11.0. The fourth-order valence-corrected chi connectivity index (χ4v) is 3.17. The first-order valence-corrected chi connectivity index (χ1v) is 9.78. The number of hydrogen-bond donors (Lipinski definition) is 3. The fraction of sp³-hybridized carbons (Fsp3) is 0.474. The summed E-state index contributed by atoms with van der Waals surface area (Å²) in [5.41, 5.74) is 16.0. The van der Waals surface area contributed by atoms with Crippen molar-refractivity contribution in [2.24, 2.45) is 11.5 Å². The molecule has 0 unspecified atom stereocenters. The summed E-state index contributed by atoms with van der Waals surface area (Å²) in [7, 11) is 0. The van der Waals surface area contributed by atoms with Crippen LogP contribution >= 0.6 is 0 Å². The summed E-state index contributed by atoms with van der Waals surface area (Å²) >= 11 is 0. The van der Waals surface area contributed by atoms with Gasteiger partial charge in [0.05, 0.1) is 32.5 Å². The summed E-state index contributed by atoms with van der Waals surface area (Å²) in [6.45, 7) is 7.19. The zero-order valence-electron chi connectivity index (χ0n) is 17.0. The van der Waals surface area contributed by atoms with Crippen LogP contribution < -0.4 is 27.0 Å². The molecule has 0 aliphatic carbocycles. The van der Waals surface area contributed by atoms with Crippen LogP contribution in [0, 0.1) is 0 Å². The number of rotatable bonds is 3. The summed E-state index contributed by atoms with van der Waals surface area (Å²) in [6, 6.07) is 7.01. The van der Waals surface area contributed by atoms with E-state index in [9.17, 15) is 0 Å². The second kappa shape index (κ2) is 10.0. The molecule has 2 aliphatic rings. The normalized spacial score (nSPS) is 19.0. The molecule has 2 saturated heterocycles. The Balaban J connectivity index is 0.000000589. The van der Waals surface area contributed by atoms with Gasteiger partial charge in [0, 0.05) is 30.9 Å². The lowest BCUT2D eigenvalue weighted by molar-refractivity contribution is 0.0980. The Labute approximate surface area is 175 Å². The van der Waals surface area contributed by atoms with Crippen molar-refractivity contribution in [3.05, 3.63) is 24.3 Å². The highest BCUT2D eigenvalue weighted by atomic mass is 16.5. The van der Waals surface area contributed by atoms with Crippen LogP contribution in [0.3, 0.4) is 0 Å². The lowest BCUT2D eigenvalue weighted by atomic mass is 10.2. The van der Waals surface area contributed by atoms with Crippen LogP contribution in [0.25, 0.3) is 11.4 Å². The fourth-order valence-electron chi connectivity index (χ4n) is 3.17. The summed E-state index contributed by atoms with van der Waals surface area (Å²) in [6.07, 6.45) is 0. The third-order valence-electron chi connectivity index (χ3n) is 4.70. The van der Waals surface area contributed by atoms with Gasteiger partial charge in [-0.15, -0.1) is 0 Å². The molecule has 6 N–H and O–H groups in total. The van der Waals surface area contributed by atoms with Crippen LogP contribution in [0.15, 0.2) is 24.3 Å². The van der Waals surface area contributed by atoms with E-state index in [0.717, 1.165) is 30.9 Å². The SMILES string of the molecule is C[C@H]1COCCN1c1nc(-c2ccc(N)cc2)nc(N2CCOCC2)n1.NC(N)=O. The number of hydrogen-bond acceptors (Lipinski definition) is 9. The van der Waals surface area contributed by atoms with Crippen molar-refractivity contribution < 1.29 is 14.3 Å². The lowest BCUT2D eigenvalue weighted by Crippen LogP contribution is -2.45. The summed E-state index contributed by atoms with van der Waals surface area (Å²) in [4.78, 5) is 27.6. The van der Waals surface area contributed by atoms with Crippen LogP contribution in [0.2, 0.25) is 0 Å². The van der Waals surface area contributed by atoms with Crippen molar-refractivity contribution in [2.75, 3.05) is 61.6 Å². The average molecular weight is 416 g/mol. The van der Waals surface area contributed by atoms with E-state index in [0.29, 0.717) is 44.1 Å². The van der Waals surface area contributed by atoms with E-state index < -0.39 is 6.03 Å². The van der Waals surface area contributed by atoms with E-state index in [1.807, 2.05) is 24.3 Å². The number of amides is 2. The molecule has 0 spiro atoms. The number of aromatic nitrogens is 3.